The molecule has 0 aliphatic heterocycles. The highest BCUT2D eigenvalue weighted by molar-refractivity contribution is 6.30. The third-order valence-corrected chi connectivity index (χ3v) is 6.54. The molecule has 0 spiro atoms. The molecule has 2 aromatic carbocycles. The van der Waals surface area contributed by atoms with Crippen molar-refractivity contribution in [2.45, 2.75) is 30.3 Å². The fourth-order valence-electron chi connectivity index (χ4n) is 4.78. The van der Waals surface area contributed by atoms with E-state index in [0.29, 0.717) is 30.4 Å². The second-order valence-electron chi connectivity index (χ2n) is 8.79. The molecule has 34 heavy (non-hydrogen) atoms. The summed E-state index contributed by atoms with van der Waals surface area (Å²) in [6.07, 6.45) is 1.66. The number of ether oxygens (including phenoxy) is 2. The van der Waals surface area contributed by atoms with Gasteiger partial charge in [-0.1, -0.05) is 11.6 Å². The molecule has 3 fully saturated rings. The second-order valence-corrected chi connectivity index (χ2v) is 9.20. The number of hydrogen-bond acceptors (Lipinski definition) is 6. The van der Waals surface area contributed by atoms with Crippen LogP contribution < -0.4 is 25.5 Å². The Morgan fingerprint density at radius 2 is 1.76 bits per heavy atom. The number of nitrogens with one attached hydrogen (secondary N) is 2. The van der Waals surface area contributed by atoms with Crippen molar-refractivity contribution in [1.82, 2.24) is 10.6 Å². The number of rotatable bonds is 7. The summed E-state index contributed by atoms with van der Waals surface area (Å²) < 4.78 is 29.6. The smallest absolute Gasteiger partial charge is 0.287 e. The van der Waals surface area contributed by atoms with Gasteiger partial charge in [-0.3, -0.25) is 14.4 Å². The Bertz CT molecular complexity index is 1370. The fraction of sp³-hybridized carbons (Fsp3) is 0.292. The van der Waals surface area contributed by atoms with E-state index in [-0.39, 0.29) is 40.1 Å². The summed E-state index contributed by atoms with van der Waals surface area (Å²) >= 11 is 5.63. The summed E-state index contributed by atoms with van der Waals surface area (Å²) in [5.41, 5.74) is -0.918. The molecule has 176 valence electrons. The van der Waals surface area contributed by atoms with Gasteiger partial charge in [-0.2, -0.15) is 0 Å². The molecule has 2 N–H and O–H groups in total. The van der Waals surface area contributed by atoms with Gasteiger partial charge < -0.3 is 24.5 Å². The molecule has 3 aliphatic rings. The van der Waals surface area contributed by atoms with Crippen LogP contribution in [-0.4, -0.2) is 36.6 Å². The fourth-order valence-corrected chi connectivity index (χ4v) is 4.89. The monoisotopic (exact) mass is 486 g/mol. The van der Waals surface area contributed by atoms with E-state index in [1.54, 1.807) is 18.2 Å². The van der Waals surface area contributed by atoms with Gasteiger partial charge in [0.2, 0.25) is 0 Å². The number of halogens is 2. The summed E-state index contributed by atoms with van der Waals surface area (Å²) in [6.45, 7) is -0.270. The molecule has 8 nitrogen and oxygen atoms in total. The topological polar surface area (TPSA) is 107 Å². The van der Waals surface area contributed by atoms with Crippen molar-refractivity contribution in [2.75, 3.05) is 13.7 Å². The van der Waals surface area contributed by atoms with Crippen molar-refractivity contribution in [3.05, 3.63) is 69.3 Å². The summed E-state index contributed by atoms with van der Waals surface area (Å²) in [4.78, 5) is 37.4. The molecule has 0 saturated heterocycles. The molecule has 3 saturated carbocycles. The molecule has 1 aromatic heterocycles. The maximum Gasteiger partial charge on any atom is 0.287 e. The highest BCUT2D eigenvalue weighted by Gasteiger charge is 2.69. The summed E-state index contributed by atoms with van der Waals surface area (Å²) in [6, 6.07) is 9.90. The number of benzene rings is 2. The zero-order valence-corrected chi connectivity index (χ0v) is 18.8. The van der Waals surface area contributed by atoms with E-state index in [4.69, 9.17) is 25.5 Å². The van der Waals surface area contributed by atoms with E-state index < -0.39 is 22.8 Å². The van der Waals surface area contributed by atoms with Gasteiger partial charge >= 0.3 is 0 Å². The predicted octanol–water partition coefficient (Wildman–Crippen LogP) is 3.19. The molecule has 3 aromatic rings. The molecule has 0 radical (unpaired) electrons. The van der Waals surface area contributed by atoms with Crippen molar-refractivity contribution in [2.24, 2.45) is 0 Å². The van der Waals surface area contributed by atoms with Crippen LogP contribution in [0, 0.1) is 5.82 Å². The molecule has 1 heterocycles. The molecule has 2 amide bonds. The van der Waals surface area contributed by atoms with Gasteiger partial charge in [0.15, 0.2) is 17.8 Å². The Labute approximate surface area is 198 Å². The second kappa shape index (κ2) is 8.02. The first kappa shape index (κ1) is 22.2. The molecule has 6 rings (SSSR count). The Hall–Kier alpha value is -3.59. The maximum atomic E-state index is 13.5. The van der Waals surface area contributed by atoms with Crippen LogP contribution in [0.15, 0.2) is 51.7 Å². The van der Waals surface area contributed by atoms with E-state index in [1.807, 2.05) is 0 Å². The summed E-state index contributed by atoms with van der Waals surface area (Å²) in [5.74, 6) is -0.836. The van der Waals surface area contributed by atoms with Gasteiger partial charge in [-0.05, 0) is 43.5 Å². The van der Waals surface area contributed by atoms with Gasteiger partial charge in [0.05, 0.1) is 17.5 Å². The van der Waals surface area contributed by atoms with Crippen molar-refractivity contribution in [3.63, 3.8) is 0 Å². The van der Waals surface area contributed by atoms with Crippen LogP contribution in [0.4, 0.5) is 4.39 Å². The first-order valence-corrected chi connectivity index (χ1v) is 10.9. The third kappa shape index (κ3) is 3.96. The minimum atomic E-state index is -0.627. The van der Waals surface area contributed by atoms with Gasteiger partial charge in [0.25, 0.3) is 11.8 Å². The SMILES string of the molecule is COc1ccc2c(=O)cc(C(=O)NC34CC(NC(=O)COc5ccc(Cl)c(F)c5)(C3)C4)oc2c1. The Morgan fingerprint density at radius 3 is 2.47 bits per heavy atom. The number of carbonyl (C=O) groups excluding carboxylic acids is 2. The van der Waals surface area contributed by atoms with Crippen LogP contribution >= 0.6 is 11.6 Å². The highest BCUT2D eigenvalue weighted by atomic mass is 35.5. The van der Waals surface area contributed by atoms with Crippen molar-refractivity contribution < 1.29 is 27.9 Å². The van der Waals surface area contributed by atoms with E-state index in [9.17, 15) is 18.8 Å². The van der Waals surface area contributed by atoms with Gasteiger partial charge in [0, 0.05) is 29.3 Å². The highest BCUT2D eigenvalue weighted by Crippen LogP contribution is 2.60. The number of hydrogen-bond donors (Lipinski definition) is 2. The van der Waals surface area contributed by atoms with Crippen LogP contribution in [-0.2, 0) is 4.79 Å². The van der Waals surface area contributed by atoms with Crippen molar-refractivity contribution in [1.29, 1.82) is 0 Å². The molecular formula is C24H20ClFN2O6. The van der Waals surface area contributed by atoms with Gasteiger partial charge in [-0.25, -0.2) is 4.39 Å². The largest absolute Gasteiger partial charge is 0.497 e. The van der Waals surface area contributed by atoms with Crippen LogP contribution in [0.3, 0.4) is 0 Å². The minimum Gasteiger partial charge on any atom is -0.497 e. The van der Waals surface area contributed by atoms with Gasteiger partial charge in [-0.15, -0.1) is 0 Å². The lowest BCUT2D eigenvalue weighted by Crippen LogP contribution is -2.84. The van der Waals surface area contributed by atoms with E-state index >= 15 is 0 Å². The van der Waals surface area contributed by atoms with E-state index in [1.165, 1.54) is 25.3 Å². The zero-order valence-electron chi connectivity index (χ0n) is 18.1. The van der Waals surface area contributed by atoms with Crippen LogP contribution in [0.2, 0.25) is 5.02 Å². The Balaban J connectivity index is 1.16. The van der Waals surface area contributed by atoms with Crippen molar-refractivity contribution in [3.8, 4) is 11.5 Å². The number of methoxy groups -OCH3 is 1. The lowest BCUT2D eigenvalue weighted by molar-refractivity contribution is -0.141. The molecule has 3 aliphatic carbocycles. The van der Waals surface area contributed by atoms with Crippen LogP contribution in [0.1, 0.15) is 29.8 Å². The number of amides is 2. The zero-order chi connectivity index (χ0) is 24.1. The maximum absolute atomic E-state index is 13.5. The normalized spacial score (nSPS) is 22.3. The average molecular weight is 487 g/mol. The Kier molecular flexibility index (Phi) is 5.24. The van der Waals surface area contributed by atoms with Crippen molar-refractivity contribution >= 4 is 34.4 Å². The van der Waals surface area contributed by atoms with Crippen LogP contribution in [0.25, 0.3) is 11.0 Å². The first-order chi connectivity index (χ1) is 16.2. The third-order valence-electron chi connectivity index (χ3n) is 6.23. The van der Waals surface area contributed by atoms with Crippen LogP contribution in [0.5, 0.6) is 11.5 Å². The van der Waals surface area contributed by atoms with Gasteiger partial charge in [0.1, 0.15) is 22.9 Å². The molecule has 0 atom stereocenters. The summed E-state index contributed by atoms with van der Waals surface area (Å²) in [7, 11) is 1.50. The summed E-state index contributed by atoms with van der Waals surface area (Å²) in [5, 5.41) is 6.17. The molecule has 10 heteroatoms. The molecular weight excluding hydrogens is 467 g/mol. The lowest BCUT2D eigenvalue weighted by atomic mass is 9.44. The number of carbonyl (C=O) groups is 2. The van der Waals surface area contributed by atoms with E-state index in [2.05, 4.69) is 10.6 Å². The van der Waals surface area contributed by atoms with E-state index in [0.717, 1.165) is 6.07 Å². The molecule has 2 bridgehead atoms. The average Bonchev–Trinajstić information content (AvgIpc) is 2.77. The number of fused-ring (bicyclic) bond motifs is 1. The standard InChI is InChI=1S/C24H20ClFN2O6/c1-32-13-2-4-15-18(29)8-20(34-19(15)7-13)22(31)28-24-10-23(11-24,12-24)27-21(30)9-33-14-3-5-16(25)17(26)6-14/h2-8H,9-12H2,1H3,(H,27,30)(H,28,31). The first-order valence-electron chi connectivity index (χ1n) is 10.5. The minimum absolute atomic E-state index is 0.0271. The Morgan fingerprint density at radius 1 is 1.06 bits per heavy atom. The quantitative estimate of drug-likeness (QED) is 0.531. The lowest BCUT2D eigenvalue weighted by Gasteiger charge is -2.70. The predicted molar refractivity (Wildman–Crippen MR) is 121 cm³/mol. The molecule has 0 unspecified atom stereocenters.